The average molecular weight is 300 g/mol. The van der Waals surface area contributed by atoms with E-state index in [0.29, 0.717) is 11.5 Å². The molecule has 0 saturated carbocycles. The normalized spacial score (nSPS) is 11.0. The lowest BCUT2D eigenvalue weighted by Gasteiger charge is -2.19. The molecular formula is C15H13N2O3P. The molecule has 0 saturated heterocycles. The average Bonchev–Trinajstić information content (AvgIpc) is 3.04. The van der Waals surface area contributed by atoms with Gasteiger partial charge in [0.05, 0.1) is 0 Å². The fraction of sp³-hybridized carbons (Fsp3) is 0. The van der Waals surface area contributed by atoms with Crippen LogP contribution in [0.25, 0.3) is 0 Å². The van der Waals surface area contributed by atoms with Crippen molar-refractivity contribution in [3.8, 4) is 11.5 Å². The van der Waals surface area contributed by atoms with Crippen molar-refractivity contribution < 1.29 is 13.6 Å². The summed E-state index contributed by atoms with van der Waals surface area (Å²) < 4.78 is 25.6. The second-order valence-electron chi connectivity index (χ2n) is 4.22. The molecule has 0 aliphatic heterocycles. The third-order valence-electron chi connectivity index (χ3n) is 2.70. The zero-order valence-corrected chi connectivity index (χ0v) is 12.0. The highest BCUT2D eigenvalue weighted by Crippen LogP contribution is 2.49. The van der Waals surface area contributed by atoms with E-state index < -0.39 is 7.75 Å². The van der Waals surface area contributed by atoms with Crippen molar-refractivity contribution in [3.05, 3.63) is 79.4 Å². The number of benzene rings is 2. The Hall–Kier alpha value is -2.52. The van der Waals surface area contributed by atoms with Crippen molar-refractivity contribution in [3.63, 3.8) is 0 Å². The topological polar surface area (TPSA) is 53.4 Å². The number of aromatic nitrogens is 2. The number of rotatable bonds is 5. The molecule has 6 heteroatoms. The minimum Gasteiger partial charge on any atom is -0.400 e. The number of para-hydroxylation sites is 2. The van der Waals surface area contributed by atoms with Crippen LogP contribution in [0, 0.1) is 0 Å². The van der Waals surface area contributed by atoms with Crippen molar-refractivity contribution in [1.29, 1.82) is 0 Å². The first kappa shape index (κ1) is 13.5. The van der Waals surface area contributed by atoms with E-state index in [0.717, 1.165) is 0 Å². The molecule has 0 aliphatic carbocycles. The Labute approximate surface area is 122 Å². The number of hydrogen-bond donors (Lipinski definition) is 0. The highest BCUT2D eigenvalue weighted by atomic mass is 31.2. The molecule has 0 unspecified atom stereocenters. The van der Waals surface area contributed by atoms with Crippen LogP contribution in [-0.2, 0) is 4.57 Å². The Balaban J connectivity index is 1.94. The predicted octanol–water partition coefficient (Wildman–Crippen LogP) is 4.00. The summed E-state index contributed by atoms with van der Waals surface area (Å²) in [7, 11) is -3.61. The zero-order valence-electron chi connectivity index (χ0n) is 11.1. The van der Waals surface area contributed by atoms with E-state index >= 15 is 0 Å². The third kappa shape index (κ3) is 3.15. The molecule has 3 aromatic rings. The van der Waals surface area contributed by atoms with Gasteiger partial charge in [-0.1, -0.05) is 36.4 Å². The number of imidazole rings is 1. The molecule has 0 spiro atoms. The minimum absolute atomic E-state index is 0.463. The smallest absolute Gasteiger partial charge is 0.400 e. The monoisotopic (exact) mass is 300 g/mol. The van der Waals surface area contributed by atoms with Gasteiger partial charge < -0.3 is 9.05 Å². The summed E-state index contributed by atoms with van der Waals surface area (Å²) in [6, 6.07) is 17.8. The van der Waals surface area contributed by atoms with Gasteiger partial charge in [0.15, 0.2) is 0 Å². The predicted molar refractivity (Wildman–Crippen MR) is 79.4 cm³/mol. The van der Waals surface area contributed by atoms with Crippen LogP contribution in [0.5, 0.6) is 11.5 Å². The highest BCUT2D eigenvalue weighted by molar-refractivity contribution is 7.53. The van der Waals surface area contributed by atoms with Gasteiger partial charge >= 0.3 is 7.75 Å². The Morgan fingerprint density at radius 2 is 1.38 bits per heavy atom. The van der Waals surface area contributed by atoms with Gasteiger partial charge in [0.25, 0.3) is 0 Å². The molecule has 1 heterocycles. The second-order valence-corrected chi connectivity index (χ2v) is 5.98. The van der Waals surface area contributed by atoms with Gasteiger partial charge in [-0.15, -0.1) is 0 Å². The van der Waals surface area contributed by atoms with Gasteiger partial charge in [0.2, 0.25) is 0 Å². The van der Waals surface area contributed by atoms with Crippen LogP contribution in [0.4, 0.5) is 0 Å². The molecule has 5 nitrogen and oxygen atoms in total. The van der Waals surface area contributed by atoms with Crippen molar-refractivity contribution >= 4 is 7.75 Å². The molecule has 106 valence electrons. The Bertz CT molecular complexity index is 685. The number of nitrogens with zero attached hydrogens (tertiary/aromatic N) is 2. The Morgan fingerprint density at radius 3 is 1.81 bits per heavy atom. The maximum atomic E-state index is 13.1. The van der Waals surface area contributed by atoms with E-state index in [4.69, 9.17) is 9.05 Å². The standard InChI is InChI=1S/C15H13N2O3P/c18-21(17-12-11-16-13-17,19-14-7-3-1-4-8-14)20-15-9-5-2-6-10-15/h1-13H. The Morgan fingerprint density at radius 1 is 0.857 bits per heavy atom. The zero-order chi connectivity index (χ0) is 14.5. The largest absolute Gasteiger partial charge is 0.549 e. The van der Waals surface area contributed by atoms with Crippen LogP contribution in [0.2, 0.25) is 0 Å². The first-order valence-electron chi connectivity index (χ1n) is 6.34. The lowest BCUT2D eigenvalue weighted by atomic mass is 10.3. The molecule has 0 fully saturated rings. The summed E-state index contributed by atoms with van der Waals surface area (Å²) in [6.45, 7) is 0. The van der Waals surface area contributed by atoms with Crippen LogP contribution in [0.1, 0.15) is 0 Å². The quantitative estimate of drug-likeness (QED) is 0.668. The molecule has 21 heavy (non-hydrogen) atoms. The molecule has 0 N–H and O–H groups in total. The van der Waals surface area contributed by atoms with Gasteiger partial charge in [0.1, 0.15) is 17.8 Å². The van der Waals surface area contributed by atoms with Crippen molar-refractivity contribution in [2.45, 2.75) is 0 Å². The fourth-order valence-electron chi connectivity index (χ4n) is 1.74. The molecule has 0 atom stereocenters. The van der Waals surface area contributed by atoms with Crippen LogP contribution >= 0.6 is 7.75 Å². The molecular weight excluding hydrogens is 287 g/mol. The van der Waals surface area contributed by atoms with Crippen molar-refractivity contribution in [1.82, 2.24) is 9.32 Å². The lowest BCUT2D eigenvalue weighted by molar-refractivity contribution is 0.374. The minimum atomic E-state index is -3.61. The summed E-state index contributed by atoms with van der Waals surface area (Å²) in [6.07, 6.45) is 4.48. The summed E-state index contributed by atoms with van der Waals surface area (Å²) in [5.74, 6) is 0.927. The SMILES string of the molecule is O=P(Oc1ccccc1)(Oc1ccccc1)n1ccnc1. The Kier molecular flexibility index (Phi) is 3.75. The van der Waals surface area contributed by atoms with E-state index in [1.54, 1.807) is 54.7 Å². The molecule has 3 rings (SSSR count). The maximum absolute atomic E-state index is 13.1. The van der Waals surface area contributed by atoms with Gasteiger partial charge in [0, 0.05) is 12.4 Å². The molecule has 0 bridgehead atoms. The van der Waals surface area contributed by atoms with Gasteiger partial charge in [-0.3, -0.25) is 0 Å². The van der Waals surface area contributed by atoms with E-state index in [2.05, 4.69) is 4.98 Å². The first-order valence-corrected chi connectivity index (χ1v) is 7.84. The summed E-state index contributed by atoms with van der Waals surface area (Å²) in [5, 5.41) is 0. The summed E-state index contributed by atoms with van der Waals surface area (Å²) in [4.78, 5) is 3.90. The van der Waals surface area contributed by atoms with Gasteiger partial charge in [-0.25, -0.2) is 13.9 Å². The van der Waals surface area contributed by atoms with E-state index in [1.165, 1.54) is 16.9 Å². The number of hydrogen-bond acceptors (Lipinski definition) is 4. The molecule has 2 aromatic carbocycles. The highest BCUT2D eigenvalue weighted by Gasteiger charge is 2.31. The van der Waals surface area contributed by atoms with Crippen LogP contribution in [0.3, 0.4) is 0 Å². The van der Waals surface area contributed by atoms with E-state index in [9.17, 15) is 4.57 Å². The first-order chi connectivity index (χ1) is 10.3. The maximum Gasteiger partial charge on any atom is 0.549 e. The molecule has 0 aliphatic rings. The third-order valence-corrected chi connectivity index (χ3v) is 4.39. The lowest BCUT2D eigenvalue weighted by Crippen LogP contribution is -2.08. The fourth-order valence-corrected chi connectivity index (χ4v) is 3.15. The summed E-state index contributed by atoms with van der Waals surface area (Å²) >= 11 is 0. The van der Waals surface area contributed by atoms with Crippen LogP contribution in [-0.4, -0.2) is 9.32 Å². The van der Waals surface area contributed by atoms with E-state index in [1.807, 2.05) is 12.1 Å². The summed E-state index contributed by atoms with van der Waals surface area (Å²) in [5.41, 5.74) is 0. The second kappa shape index (κ2) is 5.85. The van der Waals surface area contributed by atoms with Crippen molar-refractivity contribution in [2.24, 2.45) is 0 Å². The van der Waals surface area contributed by atoms with Gasteiger partial charge in [-0.2, -0.15) is 0 Å². The van der Waals surface area contributed by atoms with Crippen LogP contribution in [0.15, 0.2) is 79.4 Å². The van der Waals surface area contributed by atoms with E-state index in [-0.39, 0.29) is 0 Å². The van der Waals surface area contributed by atoms with Gasteiger partial charge in [-0.05, 0) is 24.3 Å². The molecule has 0 radical (unpaired) electrons. The van der Waals surface area contributed by atoms with Crippen LogP contribution < -0.4 is 9.05 Å². The van der Waals surface area contributed by atoms with Crippen molar-refractivity contribution in [2.75, 3.05) is 0 Å². The molecule has 0 amide bonds. The molecule has 1 aromatic heterocycles.